The molecule has 0 heterocycles. The summed E-state index contributed by atoms with van der Waals surface area (Å²) in [4.78, 5) is 0. The van der Waals surface area contributed by atoms with Crippen LogP contribution in [0.5, 0.6) is 0 Å². The molecule has 13 heavy (non-hydrogen) atoms. The van der Waals surface area contributed by atoms with E-state index in [2.05, 4.69) is 26.0 Å². The van der Waals surface area contributed by atoms with Crippen LogP contribution in [0.15, 0.2) is 12.2 Å². The number of hydrogen-bond acceptors (Lipinski definition) is 2. The first-order valence-electron chi connectivity index (χ1n) is 4.90. The molecule has 0 aromatic carbocycles. The summed E-state index contributed by atoms with van der Waals surface area (Å²) >= 11 is 0. The molecule has 2 heteroatoms. The van der Waals surface area contributed by atoms with Gasteiger partial charge in [-0.2, -0.15) is 0 Å². The van der Waals surface area contributed by atoms with Gasteiger partial charge in [-0.1, -0.05) is 32.9 Å². The van der Waals surface area contributed by atoms with Gasteiger partial charge >= 0.3 is 0 Å². The van der Waals surface area contributed by atoms with E-state index in [1.54, 1.807) is 0 Å². The van der Waals surface area contributed by atoms with Crippen LogP contribution in [0.2, 0.25) is 0 Å². The average molecular weight is 182 g/mol. The Labute approximate surface area is 79.3 Å². The maximum absolute atomic E-state index is 10.3. The minimum absolute atomic E-state index is 0.0739. The molecule has 2 N–H and O–H groups in total. The van der Waals surface area contributed by atoms with E-state index in [0.717, 1.165) is 0 Å². The van der Waals surface area contributed by atoms with Crippen LogP contribution in [0.4, 0.5) is 0 Å². The highest BCUT2D eigenvalue weighted by atomic mass is 16.3. The van der Waals surface area contributed by atoms with Crippen molar-refractivity contribution in [2.75, 3.05) is 6.61 Å². The molecule has 2 bridgehead atoms. The fraction of sp³-hybridized carbons (Fsp3) is 0.818. The molecular formula is C11H18O2. The fourth-order valence-corrected chi connectivity index (χ4v) is 3.03. The number of hydrogen-bond donors (Lipinski definition) is 2. The lowest BCUT2D eigenvalue weighted by Crippen LogP contribution is -2.48. The van der Waals surface area contributed by atoms with E-state index in [4.69, 9.17) is 0 Å². The molecular weight excluding hydrogens is 164 g/mol. The van der Waals surface area contributed by atoms with Crippen molar-refractivity contribution in [2.45, 2.75) is 32.8 Å². The molecule has 0 unspecified atom stereocenters. The third kappa shape index (κ3) is 0.767. The topological polar surface area (TPSA) is 40.5 Å². The lowest BCUT2D eigenvalue weighted by Gasteiger charge is -2.42. The first-order chi connectivity index (χ1) is 5.87. The first kappa shape index (κ1) is 9.22. The maximum Gasteiger partial charge on any atom is 0.0975 e. The average Bonchev–Trinajstić information content (AvgIpc) is 2.36. The molecule has 0 aromatic rings. The quantitative estimate of drug-likeness (QED) is 0.601. The highest BCUT2D eigenvalue weighted by Crippen LogP contribution is 2.65. The number of rotatable bonds is 1. The smallest absolute Gasteiger partial charge is 0.0975 e. The second kappa shape index (κ2) is 2.18. The van der Waals surface area contributed by atoms with Crippen LogP contribution in [0.25, 0.3) is 0 Å². The molecule has 0 radical (unpaired) electrons. The molecule has 0 saturated heterocycles. The Balaban J connectivity index is 2.50. The van der Waals surface area contributed by atoms with Gasteiger partial charge in [-0.25, -0.2) is 0 Å². The SMILES string of the molecule is CC1(C)[C@H]2C=C[C@@]1(C)[C@](O)(CO)C2. The van der Waals surface area contributed by atoms with Gasteiger partial charge in [-0.15, -0.1) is 0 Å². The van der Waals surface area contributed by atoms with Crippen molar-refractivity contribution in [1.29, 1.82) is 0 Å². The summed E-state index contributed by atoms with van der Waals surface area (Å²) in [6, 6.07) is 0. The lowest BCUT2D eigenvalue weighted by molar-refractivity contribution is -0.0922. The minimum Gasteiger partial charge on any atom is -0.393 e. The van der Waals surface area contributed by atoms with Crippen LogP contribution < -0.4 is 0 Å². The zero-order valence-electron chi connectivity index (χ0n) is 8.54. The van der Waals surface area contributed by atoms with E-state index in [1.165, 1.54) is 0 Å². The molecule has 2 aliphatic carbocycles. The summed E-state index contributed by atoms with van der Waals surface area (Å²) in [6.45, 7) is 6.26. The predicted molar refractivity (Wildman–Crippen MR) is 51.2 cm³/mol. The Kier molecular flexibility index (Phi) is 1.55. The largest absolute Gasteiger partial charge is 0.393 e. The van der Waals surface area contributed by atoms with E-state index in [9.17, 15) is 10.2 Å². The van der Waals surface area contributed by atoms with Gasteiger partial charge in [0.1, 0.15) is 0 Å². The summed E-state index contributed by atoms with van der Waals surface area (Å²) < 4.78 is 0. The molecule has 0 spiro atoms. The number of allylic oxidation sites excluding steroid dienone is 1. The van der Waals surface area contributed by atoms with Crippen molar-refractivity contribution in [2.24, 2.45) is 16.7 Å². The third-order valence-electron chi connectivity index (χ3n) is 4.71. The van der Waals surface area contributed by atoms with Gasteiger partial charge in [0, 0.05) is 5.41 Å². The molecule has 0 aliphatic heterocycles. The summed E-state index contributed by atoms with van der Waals surface area (Å²) in [7, 11) is 0. The molecule has 0 amide bonds. The van der Waals surface area contributed by atoms with Crippen molar-refractivity contribution in [3.8, 4) is 0 Å². The minimum atomic E-state index is -0.907. The van der Waals surface area contributed by atoms with Crippen molar-refractivity contribution in [3.63, 3.8) is 0 Å². The highest BCUT2D eigenvalue weighted by Gasteiger charge is 2.65. The second-order valence-electron chi connectivity index (χ2n) is 5.28. The zero-order chi connectivity index (χ0) is 9.91. The predicted octanol–water partition coefficient (Wildman–Crippen LogP) is 1.33. The van der Waals surface area contributed by atoms with Crippen LogP contribution >= 0.6 is 0 Å². The van der Waals surface area contributed by atoms with Crippen LogP contribution in [0.1, 0.15) is 27.2 Å². The fourth-order valence-electron chi connectivity index (χ4n) is 3.03. The van der Waals surface area contributed by atoms with Gasteiger partial charge in [0.25, 0.3) is 0 Å². The summed E-state index contributed by atoms with van der Waals surface area (Å²) in [5.74, 6) is 0.412. The van der Waals surface area contributed by atoms with Crippen LogP contribution in [0, 0.1) is 16.7 Å². The second-order valence-corrected chi connectivity index (χ2v) is 5.28. The van der Waals surface area contributed by atoms with Gasteiger partial charge < -0.3 is 10.2 Å². The van der Waals surface area contributed by atoms with Gasteiger partial charge in [0.15, 0.2) is 0 Å². The third-order valence-corrected chi connectivity index (χ3v) is 4.71. The van der Waals surface area contributed by atoms with Crippen LogP contribution in [-0.4, -0.2) is 22.4 Å². The molecule has 74 valence electrons. The van der Waals surface area contributed by atoms with Crippen LogP contribution in [-0.2, 0) is 0 Å². The lowest BCUT2D eigenvalue weighted by atomic mass is 9.65. The van der Waals surface area contributed by atoms with Crippen molar-refractivity contribution in [3.05, 3.63) is 12.2 Å². The number of aliphatic hydroxyl groups excluding tert-OH is 1. The van der Waals surface area contributed by atoms with Crippen molar-refractivity contribution in [1.82, 2.24) is 0 Å². The summed E-state index contributed by atoms with van der Waals surface area (Å²) in [5.41, 5.74) is -1.10. The van der Waals surface area contributed by atoms with Crippen molar-refractivity contribution >= 4 is 0 Å². The molecule has 2 aliphatic rings. The molecule has 2 nitrogen and oxygen atoms in total. The van der Waals surface area contributed by atoms with E-state index < -0.39 is 5.60 Å². The number of fused-ring (bicyclic) bond motifs is 2. The maximum atomic E-state index is 10.3. The Hall–Kier alpha value is -0.340. The van der Waals surface area contributed by atoms with Crippen LogP contribution in [0.3, 0.4) is 0 Å². The van der Waals surface area contributed by atoms with E-state index in [-0.39, 0.29) is 17.4 Å². The normalized spacial score (nSPS) is 51.6. The van der Waals surface area contributed by atoms with Gasteiger partial charge in [-0.05, 0) is 17.8 Å². The Bertz CT molecular complexity index is 269. The Morgan fingerprint density at radius 3 is 2.23 bits per heavy atom. The van der Waals surface area contributed by atoms with Gasteiger partial charge in [-0.3, -0.25) is 0 Å². The molecule has 1 fully saturated rings. The van der Waals surface area contributed by atoms with E-state index in [1.807, 2.05) is 6.92 Å². The number of aliphatic hydroxyl groups is 2. The Morgan fingerprint density at radius 2 is 2.00 bits per heavy atom. The Morgan fingerprint density at radius 1 is 1.38 bits per heavy atom. The van der Waals surface area contributed by atoms with Gasteiger partial charge in [0.2, 0.25) is 0 Å². The van der Waals surface area contributed by atoms with Gasteiger partial charge in [0.05, 0.1) is 12.2 Å². The van der Waals surface area contributed by atoms with E-state index >= 15 is 0 Å². The summed E-state index contributed by atoms with van der Waals surface area (Å²) in [5, 5.41) is 19.5. The molecule has 0 aromatic heterocycles. The van der Waals surface area contributed by atoms with E-state index in [0.29, 0.717) is 12.3 Å². The summed E-state index contributed by atoms with van der Waals surface area (Å²) in [6.07, 6.45) is 4.96. The molecule has 1 saturated carbocycles. The monoisotopic (exact) mass is 182 g/mol. The molecule has 2 rings (SSSR count). The molecule has 3 atom stereocenters. The first-order valence-corrected chi connectivity index (χ1v) is 4.90. The standard InChI is InChI=1S/C11H18O2/c1-9(2)8-4-5-10(9,3)11(13,6-8)7-12/h4-5,8,12-13H,6-7H2,1-3H3/t8-,10+,11+/m0/s1. The van der Waals surface area contributed by atoms with Crippen molar-refractivity contribution < 1.29 is 10.2 Å². The highest BCUT2D eigenvalue weighted by molar-refractivity contribution is 5.30. The zero-order valence-corrected chi connectivity index (χ0v) is 8.54.